The van der Waals surface area contributed by atoms with Crippen LogP contribution in [0.3, 0.4) is 0 Å². The van der Waals surface area contributed by atoms with Gasteiger partial charge in [0.05, 0.1) is 6.61 Å². The number of hydrogen-bond acceptors (Lipinski definition) is 3. The summed E-state index contributed by atoms with van der Waals surface area (Å²) in [6.45, 7) is 2.60. The van der Waals surface area contributed by atoms with Crippen molar-refractivity contribution in [1.29, 1.82) is 0 Å². The smallest absolute Gasteiger partial charge is 0.0577 e. The molecule has 0 aromatic heterocycles. The Kier molecular flexibility index (Phi) is 6.80. The average molecular weight is 179 g/mol. The molecule has 0 radical (unpaired) electrons. The van der Waals surface area contributed by atoms with Gasteiger partial charge in [0, 0.05) is 35.5 Å². The van der Waals surface area contributed by atoms with Gasteiger partial charge in [0.2, 0.25) is 0 Å². The van der Waals surface area contributed by atoms with E-state index < -0.39 is 10.8 Å². The maximum atomic E-state index is 11.2. The lowest BCUT2D eigenvalue weighted by Gasteiger charge is -2.08. The fourth-order valence-electron chi connectivity index (χ4n) is 0.622. The zero-order valence-corrected chi connectivity index (χ0v) is 8.24. The summed E-state index contributed by atoms with van der Waals surface area (Å²) in [5.41, 5.74) is 0. The van der Waals surface area contributed by atoms with Crippen molar-refractivity contribution in [3.8, 4) is 0 Å². The second-order valence-electron chi connectivity index (χ2n) is 2.49. The number of nitrogens with one attached hydrogen (secondary N) is 1. The minimum absolute atomic E-state index is 0.327. The normalized spacial score (nSPS) is 16.3. The first-order chi connectivity index (χ1) is 5.20. The molecule has 0 saturated heterocycles. The molecule has 68 valence electrons. The third-order valence-corrected chi connectivity index (χ3v) is 2.94. The first-order valence-corrected chi connectivity index (χ1v) is 5.20. The molecule has 2 atom stereocenters. The molecule has 0 aliphatic carbocycles. The minimum atomic E-state index is -0.737. The zero-order chi connectivity index (χ0) is 8.69. The van der Waals surface area contributed by atoms with E-state index >= 15 is 0 Å². The van der Waals surface area contributed by atoms with Crippen LogP contribution < -0.4 is 5.32 Å². The van der Waals surface area contributed by atoms with Crippen LogP contribution in [-0.2, 0) is 15.5 Å². The van der Waals surface area contributed by atoms with Gasteiger partial charge < -0.3 is 10.1 Å². The lowest BCUT2D eigenvalue weighted by Crippen LogP contribution is -2.28. The van der Waals surface area contributed by atoms with Crippen LogP contribution in [0.4, 0.5) is 0 Å². The molecule has 0 fully saturated rings. The topological polar surface area (TPSA) is 38.3 Å². The van der Waals surface area contributed by atoms with Gasteiger partial charge in [-0.3, -0.25) is 4.21 Å². The van der Waals surface area contributed by atoms with Crippen molar-refractivity contribution in [2.24, 2.45) is 0 Å². The van der Waals surface area contributed by atoms with Crippen LogP contribution in [0, 0.1) is 0 Å². The Hall–Kier alpha value is 0.0700. The SMILES string of the molecule is CNC(C)CS(=O)CCOC. The van der Waals surface area contributed by atoms with Gasteiger partial charge in [0.1, 0.15) is 0 Å². The Morgan fingerprint density at radius 3 is 2.73 bits per heavy atom. The molecule has 0 aliphatic rings. The molecule has 0 rings (SSSR count). The van der Waals surface area contributed by atoms with Crippen LogP contribution in [0.5, 0.6) is 0 Å². The van der Waals surface area contributed by atoms with Gasteiger partial charge in [-0.25, -0.2) is 0 Å². The van der Waals surface area contributed by atoms with E-state index in [1.54, 1.807) is 7.11 Å². The summed E-state index contributed by atoms with van der Waals surface area (Å²) in [6, 6.07) is 0.327. The number of hydrogen-bond donors (Lipinski definition) is 1. The third kappa shape index (κ3) is 6.47. The number of rotatable bonds is 6. The monoisotopic (exact) mass is 179 g/mol. The highest BCUT2D eigenvalue weighted by Crippen LogP contribution is 1.88. The summed E-state index contributed by atoms with van der Waals surface area (Å²) in [5.74, 6) is 1.35. The molecule has 0 aliphatic heterocycles. The fourth-order valence-corrected chi connectivity index (χ4v) is 1.87. The highest BCUT2D eigenvalue weighted by atomic mass is 32.2. The highest BCUT2D eigenvalue weighted by molar-refractivity contribution is 7.85. The van der Waals surface area contributed by atoms with Gasteiger partial charge in [-0.1, -0.05) is 0 Å². The summed E-state index contributed by atoms with van der Waals surface area (Å²) < 4.78 is 16.0. The van der Waals surface area contributed by atoms with Crippen LogP contribution in [0.15, 0.2) is 0 Å². The Morgan fingerprint density at radius 2 is 2.27 bits per heavy atom. The van der Waals surface area contributed by atoms with Crippen molar-refractivity contribution >= 4 is 10.8 Å². The van der Waals surface area contributed by atoms with E-state index in [4.69, 9.17) is 4.74 Å². The molecule has 3 nitrogen and oxygen atoms in total. The predicted octanol–water partition coefficient (Wildman–Crippen LogP) is -0.0106. The second-order valence-corrected chi connectivity index (χ2v) is 4.11. The van der Waals surface area contributed by atoms with Gasteiger partial charge in [-0.15, -0.1) is 0 Å². The maximum Gasteiger partial charge on any atom is 0.0577 e. The summed E-state index contributed by atoms with van der Waals surface area (Å²) in [4.78, 5) is 0. The lowest BCUT2D eigenvalue weighted by atomic mass is 10.4. The van der Waals surface area contributed by atoms with E-state index in [0.29, 0.717) is 24.2 Å². The Morgan fingerprint density at radius 1 is 1.64 bits per heavy atom. The number of methoxy groups -OCH3 is 1. The van der Waals surface area contributed by atoms with E-state index in [1.165, 1.54) is 0 Å². The van der Waals surface area contributed by atoms with Crippen LogP contribution in [0.25, 0.3) is 0 Å². The molecule has 1 N–H and O–H groups in total. The van der Waals surface area contributed by atoms with Crippen molar-refractivity contribution in [3.63, 3.8) is 0 Å². The molecule has 0 aromatic rings. The summed E-state index contributed by atoms with van der Waals surface area (Å²) in [5, 5.41) is 3.04. The first kappa shape index (κ1) is 11.1. The minimum Gasteiger partial charge on any atom is -0.384 e. The van der Waals surface area contributed by atoms with Gasteiger partial charge in [0.25, 0.3) is 0 Å². The quantitative estimate of drug-likeness (QED) is 0.623. The van der Waals surface area contributed by atoms with Crippen LogP contribution in [-0.4, -0.2) is 42.5 Å². The maximum absolute atomic E-state index is 11.2. The van der Waals surface area contributed by atoms with Gasteiger partial charge >= 0.3 is 0 Å². The molecule has 0 saturated carbocycles. The molecule has 0 aromatic carbocycles. The molecule has 4 heteroatoms. The summed E-state index contributed by atoms with van der Waals surface area (Å²) in [6.07, 6.45) is 0. The molecule has 0 spiro atoms. The second kappa shape index (κ2) is 6.76. The Labute approximate surface area is 71.0 Å². The van der Waals surface area contributed by atoms with Crippen molar-refractivity contribution in [3.05, 3.63) is 0 Å². The zero-order valence-electron chi connectivity index (χ0n) is 7.42. The van der Waals surface area contributed by atoms with Crippen LogP contribution in [0.2, 0.25) is 0 Å². The first-order valence-electron chi connectivity index (χ1n) is 3.72. The standard InChI is InChI=1S/C7H17NO2S/c1-7(8-2)6-11(9)5-4-10-3/h7-8H,4-6H2,1-3H3. The third-order valence-electron chi connectivity index (χ3n) is 1.44. The van der Waals surface area contributed by atoms with Gasteiger partial charge in [-0.2, -0.15) is 0 Å². The Balaban J connectivity index is 3.36. The molecule has 0 bridgehead atoms. The number of ether oxygens (including phenoxy) is 1. The van der Waals surface area contributed by atoms with Crippen molar-refractivity contribution < 1.29 is 8.95 Å². The molecular weight excluding hydrogens is 162 g/mol. The van der Waals surface area contributed by atoms with Crippen LogP contribution in [0.1, 0.15) is 6.92 Å². The van der Waals surface area contributed by atoms with E-state index in [0.717, 1.165) is 0 Å². The highest BCUT2D eigenvalue weighted by Gasteiger charge is 2.04. The van der Waals surface area contributed by atoms with E-state index in [-0.39, 0.29) is 0 Å². The van der Waals surface area contributed by atoms with Crippen molar-refractivity contribution in [1.82, 2.24) is 5.32 Å². The van der Waals surface area contributed by atoms with Crippen molar-refractivity contribution in [2.75, 3.05) is 32.3 Å². The van der Waals surface area contributed by atoms with E-state index in [2.05, 4.69) is 5.32 Å². The summed E-state index contributed by atoms with van der Waals surface area (Å²) >= 11 is 0. The van der Waals surface area contributed by atoms with Gasteiger partial charge in [0.15, 0.2) is 0 Å². The molecule has 0 heterocycles. The average Bonchev–Trinajstić information content (AvgIpc) is 2.00. The summed E-state index contributed by atoms with van der Waals surface area (Å²) in [7, 11) is 2.76. The Bertz CT molecular complexity index is 119. The predicted molar refractivity (Wildman–Crippen MR) is 48.3 cm³/mol. The molecular formula is C7H17NO2S. The van der Waals surface area contributed by atoms with Gasteiger partial charge in [-0.05, 0) is 14.0 Å². The molecule has 0 amide bonds. The van der Waals surface area contributed by atoms with E-state index in [9.17, 15) is 4.21 Å². The molecule has 11 heavy (non-hydrogen) atoms. The largest absolute Gasteiger partial charge is 0.384 e. The fraction of sp³-hybridized carbons (Fsp3) is 1.00. The van der Waals surface area contributed by atoms with Crippen LogP contribution >= 0.6 is 0 Å². The van der Waals surface area contributed by atoms with Crippen molar-refractivity contribution in [2.45, 2.75) is 13.0 Å². The lowest BCUT2D eigenvalue weighted by molar-refractivity contribution is 0.218. The molecule has 2 unspecified atom stereocenters. The van der Waals surface area contributed by atoms with E-state index in [1.807, 2.05) is 14.0 Å².